The van der Waals surface area contributed by atoms with E-state index in [1.807, 2.05) is 6.07 Å². The number of rotatable bonds is 5. The minimum atomic E-state index is -0.452. The average molecular weight is 371 g/mol. The average Bonchev–Trinajstić information content (AvgIpc) is 2.94. The van der Waals surface area contributed by atoms with Crippen LogP contribution in [0, 0.1) is 10.1 Å². The first kappa shape index (κ1) is 18.6. The van der Waals surface area contributed by atoms with Gasteiger partial charge < -0.3 is 14.5 Å². The first-order valence-electron chi connectivity index (χ1n) is 8.82. The van der Waals surface area contributed by atoms with Crippen molar-refractivity contribution in [2.24, 2.45) is 0 Å². The Morgan fingerprint density at radius 1 is 1.07 bits per heavy atom. The quantitative estimate of drug-likeness (QED) is 0.448. The number of carbonyl (C=O) groups is 1. The molecule has 0 N–H and O–H groups in total. The lowest BCUT2D eigenvalue weighted by Crippen LogP contribution is -2.31. The molecule has 0 bridgehead atoms. The third-order valence-corrected chi connectivity index (χ3v) is 4.35. The molecule has 0 unspecified atom stereocenters. The van der Waals surface area contributed by atoms with Crippen LogP contribution in [0.3, 0.4) is 0 Å². The molecule has 0 radical (unpaired) electrons. The van der Waals surface area contributed by atoms with Crippen molar-refractivity contribution in [3.05, 3.63) is 52.3 Å². The lowest BCUT2D eigenvalue weighted by atomic mass is 10.2. The maximum absolute atomic E-state index is 11.7. The minimum Gasteiger partial charge on any atom is -0.462 e. The SMILES string of the molecule is CCOC(=O)c1ccc(N2CCCN(c3ccc([N+](=O)[O-])cn3)CC2)nc1. The summed E-state index contributed by atoms with van der Waals surface area (Å²) in [5, 5.41) is 10.8. The number of pyridine rings is 2. The lowest BCUT2D eigenvalue weighted by Gasteiger charge is -2.23. The molecular formula is C18H21N5O4. The molecule has 27 heavy (non-hydrogen) atoms. The predicted molar refractivity (Wildman–Crippen MR) is 100 cm³/mol. The van der Waals surface area contributed by atoms with Crippen molar-refractivity contribution in [1.82, 2.24) is 9.97 Å². The van der Waals surface area contributed by atoms with Crippen molar-refractivity contribution in [3.8, 4) is 0 Å². The van der Waals surface area contributed by atoms with Crippen LogP contribution in [-0.2, 0) is 4.74 Å². The zero-order valence-electron chi connectivity index (χ0n) is 15.1. The molecule has 2 aromatic rings. The maximum Gasteiger partial charge on any atom is 0.339 e. The number of carbonyl (C=O) groups excluding carboxylic acids is 1. The molecular weight excluding hydrogens is 350 g/mol. The van der Waals surface area contributed by atoms with Gasteiger partial charge in [0.2, 0.25) is 0 Å². The Kier molecular flexibility index (Phi) is 5.80. The molecule has 3 rings (SSSR count). The molecule has 0 amide bonds. The molecule has 3 heterocycles. The van der Waals surface area contributed by atoms with E-state index in [4.69, 9.17) is 4.74 Å². The third-order valence-electron chi connectivity index (χ3n) is 4.35. The zero-order chi connectivity index (χ0) is 19.2. The van der Waals surface area contributed by atoms with Crippen LogP contribution in [0.1, 0.15) is 23.7 Å². The van der Waals surface area contributed by atoms with Gasteiger partial charge >= 0.3 is 5.97 Å². The monoisotopic (exact) mass is 371 g/mol. The summed E-state index contributed by atoms with van der Waals surface area (Å²) in [4.78, 5) is 34.9. The fraction of sp³-hybridized carbons (Fsp3) is 0.389. The van der Waals surface area contributed by atoms with Crippen molar-refractivity contribution in [3.63, 3.8) is 0 Å². The number of ether oxygens (including phenoxy) is 1. The Labute approximate surface area is 156 Å². The van der Waals surface area contributed by atoms with Crippen molar-refractivity contribution in [1.29, 1.82) is 0 Å². The molecule has 9 nitrogen and oxygen atoms in total. The molecule has 1 fully saturated rings. The Hall–Kier alpha value is -3.23. The molecule has 0 aliphatic carbocycles. The van der Waals surface area contributed by atoms with Crippen LogP contribution in [0.2, 0.25) is 0 Å². The summed E-state index contributed by atoms with van der Waals surface area (Å²) in [6.07, 6.45) is 3.72. The molecule has 142 valence electrons. The Bertz CT molecular complexity index is 794. The van der Waals surface area contributed by atoms with Crippen LogP contribution >= 0.6 is 0 Å². The summed E-state index contributed by atoms with van der Waals surface area (Å²) in [6.45, 7) is 5.20. The summed E-state index contributed by atoms with van der Waals surface area (Å²) in [5.41, 5.74) is 0.424. The van der Waals surface area contributed by atoms with Crippen LogP contribution in [0.4, 0.5) is 17.3 Å². The van der Waals surface area contributed by atoms with Gasteiger partial charge in [0.15, 0.2) is 0 Å². The Morgan fingerprint density at radius 2 is 1.70 bits per heavy atom. The van der Waals surface area contributed by atoms with Gasteiger partial charge in [-0.1, -0.05) is 0 Å². The fourth-order valence-corrected chi connectivity index (χ4v) is 2.96. The first-order valence-corrected chi connectivity index (χ1v) is 8.82. The van der Waals surface area contributed by atoms with Gasteiger partial charge in [0.05, 0.1) is 17.1 Å². The van der Waals surface area contributed by atoms with E-state index in [1.165, 1.54) is 18.5 Å². The van der Waals surface area contributed by atoms with Gasteiger partial charge in [-0.05, 0) is 31.5 Å². The van der Waals surface area contributed by atoms with Gasteiger partial charge in [0.25, 0.3) is 5.69 Å². The summed E-state index contributed by atoms with van der Waals surface area (Å²) in [7, 11) is 0. The Balaban J connectivity index is 1.64. The number of anilines is 2. The van der Waals surface area contributed by atoms with E-state index in [2.05, 4.69) is 19.8 Å². The topological polar surface area (TPSA) is 102 Å². The van der Waals surface area contributed by atoms with Crippen LogP contribution in [-0.4, -0.2) is 53.6 Å². The highest BCUT2D eigenvalue weighted by atomic mass is 16.6. The van der Waals surface area contributed by atoms with Crippen LogP contribution in [0.5, 0.6) is 0 Å². The maximum atomic E-state index is 11.7. The van der Waals surface area contributed by atoms with Gasteiger partial charge in [-0.2, -0.15) is 0 Å². The second kappa shape index (κ2) is 8.43. The zero-order valence-corrected chi connectivity index (χ0v) is 15.1. The van der Waals surface area contributed by atoms with Crippen molar-refractivity contribution in [2.45, 2.75) is 13.3 Å². The standard InChI is InChI=1S/C18H21N5O4/c1-2-27-18(24)14-4-6-16(19-12-14)21-8-3-9-22(11-10-21)17-7-5-15(13-20-17)23(25)26/h4-7,12-13H,2-3,8-11H2,1H3. The van der Waals surface area contributed by atoms with Gasteiger partial charge in [0.1, 0.15) is 17.8 Å². The molecule has 1 aliphatic rings. The van der Waals surface area contributed by atoms with E-state index in [-0.39, 0.29) is 11.7 Å². The summed E-state index contributed by atoms with van der Waals surface area (Å²) in [5.74, 6) is 1.16. The van der Waals surface area contributed by atoms with E-state index in [0.29, 0.717) is 12.2 Å². The number of nitro groups is 1. The van der Waals surface area contributed by atoms with Crippen molar-refractivity contribution >= 4 is 23.3 Å². The number of nitrogens with zero attached hydrogens (tertiary/aromatic N) is 5. The number of hydrogen-bond donors (Lipinski definition) is 0. The second-order valence-corrected chi connectivity index (χ2v) is 6.08. The molecule has 0 saturated carbocycles. The minimum absolute atomic E-state index is 0.0129. The van der Waals surface area contributed by atoms with Gasteiger partial charge in [-0.25, -0.2) is 14.8 Å². The number of hydrogen-bond acceptors (Lipinski definition) is 8. The molecule has 9 heteroatoms. The summed E-state index contributed by atoms with van der Waals surface area (Å²) >= 11 is 0. The van der Waals surface area contributed by atoms with E-state index in [1.54, 1.807) is 19.1 Å². The fourth-order valence-electron chi connectivity index (χ4n) is 2.96. The van der Waals surface area contributed by atoms with E-state index in [9.17, 15) is 14.9 Å². The number of esters is 1. The summed E-state index contributed by atoms with van der Waals surface area (Å²) < 4.78 is 4.97. The van der Waals surface area contributed by atoms with Crippen molar-refractivity contribution < 1.29 is 14.5 Å². The van der Waals surface area contributed by atoms with E-state index < -0.39 is 4.92 Å². The molecule has 1 saturated heterocycles. The smallest absolute Gasteiger partial charge is 0.339 e. The van der Waals surface area contributed by atoms with Crippen molar-refractivity contribution in [2.75, 3.05) is 42.6 Å². The van der Waals surface area contributed by atoms with Crippen LogP contribution in [0.25, 0.3) is 0 Å². The molecule has 0 aromatic carbocycles. The summed E-state index contributed by atoms with van der Waals surface area (Å²) in [6, 6.07) is 6.70. The molecule has 2 aromatic heterocycles. The largest absolute Gasteiger partial charge is 0.462 e. The highest BCUT2D eigenvalue weighted by Crippen LogP contribution is 2.20. The number of aromatic nitrogens is 2. The van der Waals surface area contributed by atoms with Crippen LogP contribution in [0.15, 0.2) is 36.7 Å². The highest BCUT2D eigenvalue weighted by molar-refractivity contribution is 5.89. The van der Waals surface area contributed by atoms with E-state index >= 15 is 0 Å². The normalized spacial score (nSPS) is 14.6. The van der Waals surface area contributed by atoms with Gasteiger partial charge in [0, 0.05) is 38.4 Å². The molecule has 0 atom stereocenters. The lowest BCUT2D eigenvalue weighted by molar-refractivity contribution is -0.385. The predicted octanol–water partition coefficient (Wildman–Crippen LogP) is 2.28. The first-order chi connectivity index (χ1) is 13.1. The highest BCUT2D eigenvalue weighted by Gasteiger charge is 2.18. The third kappa shape index (κ3) is 4.49. The van der Waals surface area contributed by atoms with E-state index in [0.717, 1.165) is 44.2 Å². The second-order valence-electron chi connectivity index (χ2n) is 6.08. The Morgan fingerprint density at radius 3 is 2.19 bits per heavy atom. The van der Waals surface area contributed by atoms with Crippen LogP contribution < -0.4 is 9.80 Å². The molecule has 0 spiro atoms. The van der Waals surface area contributed by atoms with Gasteiger partial charge in [-0.3, -0.25) is 10.1 Å². The molecule has 1 aliphatic heterocycles. The van der Waals surface area contributed by atoms with Gasteiger partial charge in [-0.15, -0.1) is 0 Å².